The van der Waals surface area contributed by atoms with Gasteiger partial charge in [-0.15, -0.1) is 0 Å². The van der Waals surface area contributed by atoms with E-state index in [1.54, 1.807) is 6.20 Å². The van der Waals surface area contributed by atoms with Crippen LogP contribution in [0.15, 0.2) is 10.8 Å². The topological polar surface area (TPSA) is 61.8 Å². The van der Waals surface area contributed by atoms with E-state index in [0.717, 1.165) is 16.8 Å². The van der Waals surface area contributed by atoms with Crippen molar-refractivity contribution in [2.75, 3.05) is 0 Å². The summed E-state index contributed by atoms with van der Waals surface area (Å²) in [5, 5.41) is 9.09. The van der Waals surface area contributed by atoms with Crippen LogP contribution >= 0.6 is 15.9 Å². The van der Waals surface area contributed by atoms with Crippen LogP contribution in [0.1, 0.15) is 11.3 Å². The van der Waals surface area contributed by atoms with Gasteiger partial charge in [-0.1, -0.05) is 0 Å². The summed E-state index contributed by atoms with van der Waals surface area (Å²) in [6, 6.07) is 0. The van der Waals surface area contributed by atoms with Gasteiger partial charge in [0.2, 0.25) is 0 Å². The Hall–Kier alpha value is -0.940. The number of hydrogen-bond donors (Lipinski definition) is 2. The van der Waals surface area contributed by atoms with Gasteiger partial charge in [-0.25, -0.2) is 9.97 Å². The van der Waals surface area contributed by atoms with Crippen molar-refractivity contribution in [2.45, 2.75) is 13.5 Å². The van der Waals surface area contributed by atoms with Crippen LogP contribution in [-0.4, -0.2) is 20.1 Å². The van der Waals surface area contributed by atoms with Gasteiger partial charge >= 0.3 is 0 Å². The third-order valence-electron chi connectivity index (χ3n) is 1.95. The van der Waals surface area contributed by atoms with Crippen LogP contribution in [0.3, 0.4) is 0 Å². The maximum absolute atomic E-state index is 9.09. The molecule has 0 atom stereocenters. The third-order valence-corrected chi connectivity index (χ3v) is 2.33. The molecule has 0 aliphatic rings. The van der Waals surface area contributed by atoms with E-state index in [0.29, 0.717) is 10.3 Å². The lowest BCUT2D eigenvalue weighted by Gasteiger charge is -1.93. The molecule has 0 radical (unpaired) electrons. The zero-order valence-corrected chi connectivity index (χ0v) is 8.59. The highest BCUT2D eigenvalue weighted by Crippen LogP contribution is 2.19. The van der Waals surface area contributed by atoms with E-state index in [1.807, 2.05) is 6.92 Å². The first-order valence-corrected chi connectivity index (χ1v) is 4.62. The molecule has 2 N–H and O–H groups in total. The van der Waals surface area contributed by atoms with Crippen LogP contribution in [0.4, 0.5) is 0 Å². The van der Waals surface area contributed by atoms with Crippen LogP contribution < -0.4 is 0 Å². The zero-order chi connectivity index (χ0) is 9.42. The minimum Gasteiger partial charge on any atom is -0.392 e. The zero-order valence-electron chi connectivity index (χ0n) is 7.00. The van der Waals surface area contributed by atoms with Gasteiger partial charge in [0.15, 0.2) is 5.65 Å². The average molecular weight is 242 g/mol. The summed E-state index contributed by atoms with van der Waals surface area (Å²) in [5.41, 5.74) is 3.17. The number of aromatic nitrogens is 3. The van der Waals surface area contributed by atoms with Crippen LogP contribution in [0.5, 0.6) is 0 Å². The molecule has 0 saturated carbocycles. The maximum Gasteiger partial charge on any atom is 0.156 e. The molecule has 2 aromatic heterocycles. The number of aryl methyl sites for hydroxylation is 1. The molecule has 2 aromatic rings. The van der Waals surface area contributed by atoms with Gasteiger partial charge in [0, 0.05) is 11.3 Å². The number of nitrogens with zero attached hydrogens (tertiary/aromatic N) is 2. The molecule has 0 spiro atoms. The second-order valence-electron chi connectivity index (χ2n) is 2.78. The number of rotatable bonds is 1. The fourth-order valence-corrected chi connectivity index (χ4v) is 1.57. The third kappa shape index (κ3) is 1.34. The molecule has 5 heteroatoms. The van der Waals surface area contributed by atoms with Crippen LogP contribution in [-0.2, 0) is 6.61 Å². The summed E-state index contributed by atoms with van der Waals surface area (Å²) in [4.78, 5) is 11.4. The Labute approximate surface area is 83.2 Å². The number of fused-ring (bicyclic) bond motifs is 1. The van der Waals surface area contributed by atoms with Crippen molar-refractivity contribution >= 4 is 27.1 Å². The van der Waals surface area contributed by atoms with Crippen LogP contribution in [0.25, 0.3) is 11.2 Å². The number of hydrogen-bond acceptors (Lipinski definition) is 3. The monoisotopic (exact) mass is 241 g/mol. The van der Waals surface area contributed by atoms with Crippen molar-refractivity contribution < 1.29 is 5.11 Å². The summed E-state index contributed by atoms with van der Waals surface area (Å²) in [6.45, 7) is 1.87. The number of nitrogens with one attached hydrogen (secondary N) is 1. The molecular weight excluding hydrogens is 234 g/mol. The quantitative estimate of drug-likeness (QED) is 0.796. The largest absolute Gasteiger partial charge is 0.392 e. The highest BCUT2D eigenvalue weighted by Gasteiger charge is 2.09. The Morgan fingerprint density at radius 2 is 2.38 bits per heavy atom. The van der Waals surface area contributed by atoms with Crippen molar-refractivity contribution in [2.24, 2.45) is 0 Å². The average Bonchev–Trinajstić information content (AvgIpc) is 2.40. The maximum atomic E-state index is 9.09. The Morgan fingerprint density at radius 3 is 3.08 bits per heavy atom. The molecule has 0 amide bonds. The molecule has 0 aromatic carbocycles. The summed E-state index contributed by atoms with van der Waals surface area (Å²) in [6.07, 6.45) is 1.62. The van der Waals surface area contributed by atoms with Gasteiger partial charge in [-0.3, -0.25) is 0 Å². The Bertz CT molecular complexity index is 452. The molecule has 0 bridgehead atoms. The molecule has 68 valence electrons. The normalized spacial score (nSPS) is 11.0. The lowest BCUT2D eigenvalue weighted by molar-refractivity contribution is 0.282. The number of aliphatic hydroxyl groups is 1. The molecule has 13 heavy (non-hydrogen) atoms. The summed E-state index contributed by atoms with van der Waals surface area (Å²) >= 11 is 3.24. The fourth-order valence-electron chi connectivity index (χ4n) is 1.29. The second-order valence-corrected chi connectivity index (χ2v) is 3.59. The second kappa shape index (κ2) is 3.08. The molecule has 2 rings (SSSR count). The molecule has 0 unspecified atom stereocenters. The van der Waals surface area contributed by atoms with Crippen molar-refractivity contribution in [3.8, 4) is 0 Å². The number of H-pyrrole nitrogens is 1. The predicted octanol–water partition coefficient (Wildman–Crippen LogP) is 1.52. The van der Waals surface area contributed by atoms with Crippen LogP contribution in [0.2, 0.25) is 0 Å². The van der Waals surface area contributed by atoms with E-state index in [1.165, 1.54) is 0 Å². The first-order valence-electron chi connectivity index (χ1n) is 3.83. The van der Waals surface area contributed by atoms with Crippen LogP contribution in [0, 0.1) is 6.92 Å². The first kappa shape index (κ1) is 8.65. The smallest absolute Gasteiger partial charge is 0.156 e. The van der Waals surface area contributed by atoms with Crippen molar-refractivity contribution in [3.05, 3.63) is 22.1 Å². The van der Waals surface area contributed by atoms with Gasteiger partial charge < -0.3 is 10.1 Å². The van der Waals surface area contributed by atoms with E-state index in [4.69, 9.17) is 5.11 Å². The summed E-state index contributed by atoms with van der Waals surface area (Å²) in [7, 11) is 0. The predicted molar refractivity (Wildman–Crippen MR) is 52.2 cm³/mol. The number of aliphatic hydroxyl groups excluding tert-OH is 1. The Balaban J connectivity index is 2.80. The Morgan fingerprint density at radius 1 is 1.62 bits per heavy atom. The van der Waals surface area contributed by atoms with E-state index < -0.39 is 0 Å². The summed E-state index contributed by atoms with van der Waals surface area (Å²) in [5.74, 6) is 0. The lowest BCUT2D eigenvalue weighted by Crippen LogP contribution is -1.86. The van der Waals surface area contributed by atoms with Gasteiger partial charge in [0.1, 0.15) is 10.1 Å². The fraction of sp³-hybridized carbons (Fsp3) is 0.250. The van der Waals surface area contributed by atoms with E-state index >= 15 is 0 Å². The number of aromatic amines is 1. The minimum atomic E-state index is -0.0169. The first-order chi connectivity index (χ1) is 6.22. The van der Waals surface area contributed by atoms with Gasteiger partial charge in [0.25, 0.3) is 0 Å². The molecule has 2 heterocycles. The minimum absolute atomic E-state index is 0.0169. The highest BCUT2D eigenvalue weighted by atomic mass is 79.9. The SMILES string of the molecule is Cc1[nH]c2ncc(Br)nc2c1CO. The Kier molecular flexibility index (Phi) is 2.05. The standard InChI is InChI=1S/C8H8BrN3O/c1-4-5(3-13)7-8(11-4)10-2-6(9)12-7/h2,13H,3H2,1H3,(H,10,11). The van der Waals surface area contributed by atoms with E-state index in [9.17, 15) is 0 Å². The highest BCUT2D eigenvalue weighted by molar-refractivity contribution is 9.10. The molecule has 4 nitrogen and oxygen atoms in total. The molecule has 0 saturated heterocycles. The van der Waals surface area contributed by atoms with Crippen molar-refractivity contribution in [1.29, 1.82) is 0 Å². The van der Waals surface area contributed by atoms with E-state index in [2.05, 4.69) is 30.9 Å². The summed E-state index contributed by atoms with van der Waals surface area (Å²) < 4.78 is 0.675. The number of halogens is 1. The van der Waals surface area contributed by atoms with Gasteiger partial charge in [0.05, 0.1) is 12.8 Å². The van der Waals surface area contributed by atoms with Crippen molar-refractivity contribution in [3.63, 3.8) is 0 Å². The molecule has 0 aliphatic carbocycles. The van der Waals surface area contributed by atoms with Gasteiger partial charge in [-0.05, 0) is 22.9 Å². The molecule has 0 fully saturated rings. The molecular formula is C8H8BrN3O. The van der Waals surface area contributed by atoms with Crippen molar-refractivity contribution in [1.82, 2.24) is 15.0 Å². The lowest BCUT2D eigenvalue weighted by atomic mass is 10.2. The van der Waals surface area contributed by atoms with Gasteiger partial charge in [-0.2, -0.15) is 0 Å². The van der Waals surface area contributed by atoms with E-state index in [-0.39, 0.29) is 6.61 Å². The molecule has 0 aliphatic heterocycles.